The molecule has 0 aliphatic rings. The van der Waals surface area contributed by atoms with Crippen LogP contribution in [-0.2, 0) is 13.0 Å². The first-order valence-corrected chi connectivity index (χ1v) is 7.50. The van der Waals surface area contributed by atoms with Crippen molar-refractivity contribution >= 4 is 11.9 Å². The number of hydrogen-bond donors (Lipinski definition) is 2. The molecule has 0 atom stereocenters. The Labute approximate surface area is 142 Å². The van der Waals surface area contributed by atoms with E-state index >= 15 is 0 Å². The first-order valence-electron chi connectivity index (χ1n) is 7.50. The summed E-state index contributed by atoms with van der Waals surface area (Å²) in [5.74, 6) is -1.84. The number of amides is 1. The van der Waals surface area contributed by atoms with Crippen molar-refractivity contribution in [2.45, 2.75) is 33.4 Å². The molecule has 0 aliphatic carbocycles. The maximum Gasteiger partial charge on any atom is 0.387 e. The Morgan fingerprint density at radius 2 is 2.04 bits per heavy atom. The van der Waals surface area contributed by atoms with Crippen LogP contribution in [0.2, 0.25) is 0 Å². The third kappa shape index (κ3) is 4.56. The summed E-state index contributed by atoms with van der Waals surface area (Å²) in [6, 6.07) is 5.76. The fourth-order valence-corrected chi connectivity index (χ4v) is 2.30. The van der Waals surface area contributed by atoms with E-state index < -0.39 is 18.5 Å². The molecule has 6 nitrogen and oxygen atoms in total. The number of carboxylic acid groups (broad SMARTS) is 1. The van der Waals surface area contributed by atoms with Gasteiger partial charge in [-0.1, -0.05) is 24.6 Å². The van der Waals surface area contributed by atoms with Crippen LogP contribution in [0.3, 0.4) is 0 Å². The highest BCUT2D eigenvalue weighted by Gasteiger charge is 2.20. The van der Waals surface area contributed by atoms with E-state index in [1.807, 2.05) is 0 Å². The quantitative estimate of drug-likeness (QED) is 0.797. The van der Waals surface area contributed by atoms with E-state index in [9.17, 15) is 18.4 Å². The van der Waals surface area contributed by atoms with E-state index in [1.54, 1.807) is 26.0 Å². The third-order valence-corrected chi connectivity index (χ3v) is 3.46. The van der Waals surface area contributed by atoms with Gasteiger partial charge in [0.15, 0.2) is 5.76 Å². The summed E-state index contributed by atoms with van der Waals surface area (Å²) >= 11 is 0. The summed E-state index contributed by atoms with van der Waals surface area (Å²) in [4.78, 5) is 23.3. The summed E-state index contributed by atoms with van der Waals surface area (Å²) in [6.45, 7) is 0.421. The summed E-state index contributed by atoms with van der Waals surface area (Å²) in [5, 5.41) is 11.6. The molecule has 25 heavy (non-hydrogen) atoms. The molecule has 0 saturated carbocycles. The number of halogens is 2. The molecular formula is C17H17F2NO5. The number of benzene rings is 1. The molecule has 0 unspecified atom stereocenters. The molecule has 0 fully saturated rings. The molecule has 0 spiro atoms. The maximum atomic E-state index is 12.4. The second kappa shape index (κ2) is 7.78. The lowest BCUT2D eigenvalue weighted by molar-refractivity contribution is -0.0504. The van der Waals surface area contributed by atoms with Crippen LogP contribution in [0.1, 0.15) is 44.7 Å². The zero-order valence-electron chi connectivity index (χ0n) is 13.6. The smallest absolute Gasteiger partial charge is 0.387 e. The summed E-state index contributed by atoms with van der Waals surface area (Å²) in [7, 11) is 0. The van der Waals surface area contributed by atoms with Crippen molar-refractivity contribution in [2.75, 3.05) is 0 Å². The first-order chi connectivity index (χ1) is 11.8. The van der Waals surface area contributed by atoms with E-state index in [0.717, 1.165) is 11.6 Å². The van der Waals surface area contributed by atoms with Crippen molar-refractivity contribution in [1.82, 2.24) is 5.32 Å². The van der Waals surface area contributed by atoms with Crippen molar-refractivity contribution in [3.8, 4) is 5.75 Å². The van der Waals surface area contributed by atoms with Crippen LogP contribution in [0.5, 0.6) is 5.75 Å². The monoisotopic (exact) mass is 353 g/mol. The van der Waals surface area contributed by atoms with Gasteiger partial charge in [0, 0.05) is 24.6 Å². The largest absolute Gasteiger partial charge is 0.478 e. The van der Waals surface area contributed by atoms with Crippen LogP contribution in [-0.4, -0.2) is 23.6 Å². The lowest BCUT2D eigenvalue weighted by Gasteiger charge is -2.12. The number of furan rings is 1. The van der Waals surface area contributed by atoms with Gasteiger partial charge < -0.3 is 19.6 Å². The number of alkyl halides is 2. The van der Waals surface area contributed by atoms with Gasteiger partial charge in [-0.25, -0.2) is 4.79 Å². The number of hydrogen-bond acceptors (Lipinski definition) is 4. The van der Waals surface area contributed by atoms with Crippen LogP contribution in [0.25, 0.3) is 0 Å². The summed E-state index contributed by atoms with van der Waals surface area (Å²) < 4.78 is 34.6. The number of aryl methyl sites for hydroxylation is 2. The third-order valence-electron chi connectivity index (χ3n) is 3.46. The van der Waals surface area contributed by atoms with E-state index in [4.69, 9.17) is 9.52 Å². The van der Waals surface area contributed by atoms with Gasteiger partial charge in [0.1, 0.15) is 17.1 Å². The minimum atomic E-state index is -2.98. The van der Waals surface area contributed by atoms with Crippen LogP contribution in [0, 0.1) is 6.92 Å². The van der Waals surface area contributed by atoms with Gasteiger partial charge in [-0.2, -0.15) is 8.78 Å². The molecule has 0 aliphatic heterocycles. The first kappa shape index (κ1) is 18.4. The molecule has 2 N–H and O–H groups in total. The maximum absolute atomic E-state index is 12.4. The fraction of sp³-hybridized carbons (Fsp3) is 0.294. The summed E-state index contributed by atoms with van der Waals surface area (Å²) in [6.07, 6.45) is 0.319. The van der Waals surface area contributed by atoms with Crippen LogP contribution in [0.15, 0.2) is 28.7 Å². The van der Waals surface area contributed by atoms with Crippen LogP contribution in [0.4, 0.5) is 8.78 Å². The Balaban J connectivity index is 2.15. The molecule has 1 aromatic carbocycles. The number of aromatic carboxylic acids is 1. The molecule has 0 bridgehead atoms. The molecular weight excluding hydrogens is 336 g/mol. The molecule has 0 radical (unpaired) electrons. The van der Waals surface area contributed by atoms with E-state index in [-0.39, 0.29) is 29.4 Å². The number of nitrogens with one attached hydrogen (secondary N) is 1. The normalized spacial score (nSPS) is 10.8. The van der Waals surface area contributed by atoms with Crippen molar-refractivity contribution in [2.24, 2.45) is 0 Å². The van der Waals surface area contributed by atoms with Crippen molar-refractivity contribution in [3.05, 3.63) is 52.5 Å². The lowest BCUT2D eigenvalue weighted by Crippen LogP contribution is -2.23. The molecule has 0 saturated heterocycles. The summed E-state index contributed by atoms with van der Waals surface area (Å²) in [5.41, 5.74) is 1.10. The predicted octanol–water partition coefficient (Wildman–Crippen LogP) is 3.38. The highest BCUT2D eigenvalue weighted by atomic mass is 19.3. The molecule has 1 amide bonds. The van der Waals surface area contributed by atoms with Gasteiger partial charge in [-0.15, -0.1) is 0 Å². The van der Waals surface area contributed by atoms with Crippen molar-refractivity contribution in [1.29, 1.82) is 0 Å². The highest BCUT2D eigenvalue weighted by molar-refractivity contribution is 5.96. The number of carbonyl (C=O) groups excluding carboxylic acids is 1. The Bertz CT molecular complexity index is 785. The zero-order valence-corrected chi connectivity index (χ0v) is 13.6. The number of carboxylic acids is 1. The molecule has 2 aromatic rings. The van der Waals surface area contributed by atoms with Gasteiger partial charge in [-0.3, -0.25) is 4.79 Å². The molecule has 2 rings (SSSR count). The van der Waals surface area contributed by atoms with Crippen molar-refractivity contribution < 1.29 is 32.6 Å². The number of ether oxygens (including phenoxy) is 1. The van der Waals surface area contributed by atoms with E-state index in [2.05, 4.69) is 10.1 Å². The van der Waals surface area contributed by atoms with Crippen molar-refractivity contribution in [3.63, 3.8) is 0 Å². The molecule has 8 heteroatoms. The topological polar surface area (TPSA) is 88.8 Å². The average molecular weight is 353 g/mol. The Morgan fingerprint density at radius 1 is 1.32 bits per heavy atom. The van der Waals surface area contributed by atoms with Gasteiger partial charge in [0.2, 0.25) is 0 Å². The SMILES string of the molecule is CCc1oc(C(=O)NCc2cc(C)ccc2OC(F)F)cc1C(=O)O. The molecule has 134 valence electrons. The number of rotatable bonds is 7. The predicted molar refractivity (Wildman–Crippen MR) is 84.0 cm³/mol. The van der Waals surface area contributed by atoms with Gasteiger partial charge >= 0.3 is 12.6 Å². The average Bonchev–Trinajstić information content (AvgIpc) is 2.99. The standard InChI is InChI=1S/C17H17F2NO5/c1-3-12-11(16(22)23)7-14(24-12)15(21)20-8-10-6-9(2)4-5-13(10)25-17(18)19/h4-7,17H,3,8H2,1-2H3,(H,20,21)(H,22,23). The Kier molecular flexibility index (Phi) is 5.74. The Morgan fingerprint density at radius 3 is 2.60 bits per heavy atom. The Hall–Kier alpha value is -2.90. The fourth-order valence-electron chi connectivity index (χ4n) is 2.30. The van der Waals surface area contributed by atoms with E-state index in [1.165, 1.54) is 6.07 Å². The van der Waals surface area contributed by atoms with E-state index in [0.29, 0.717) is 12.0 Å². The van der Waals surface area contributed by atoms with Gasteiger partial charge in [-0.05, 0) is 13.0 Å². The number of carbonyl (C=O) groups is 2. The second-order valence-electron chi connectivity index (χ2n) is 5.28. The minimum Gasteiger partial charge on any atom is -0.478 e. The highest BCUT2D eigenvalue weighted by Crippen LogP contribution is 2.22. The van der Waals surface area contributed by atoms with Gasteiger partial charge in [0.25, 0.3) is 5.91 Å². The minimum absolute atomic E-state index is 0.0409. The second-order valence-corrected chi connectivity index (χ2v) is 5.28. The zero-order chi connectivity index (χ0) is 18.6. The van der Waals surface area contributed by atoms with Gasteiger partial charge in [0.05, 0.1) is 0 Å². The van der Waals surface area contributed by atoms with Crippen LogP contribution >= 0.6 is 0 Å². The molecule has 1 heterocycles. The lowest BCUT2D eigenvalue weighted by atomic mass is 10.1. The molecule has 1 aromatic heterocycles. The van der Waals surface area contributed by atoms with Crippen LogP contribution < -0.4 is 10.1 Å².